The third-order valence-corrected chi connectivity index (χ3v) is 3.84. The summed E-state index contributed by atoms with van der Waals surface area (Å²) in [4.78, 5) is 14.4. The molecule has 1 atom stereocenters. The summed E-state index contributed by atoms with van der Waals surface area (Å²) in [6.07, 6.45) is 1.74. The molecule has 112 valence electrons. The van der Waals surface area contributed by atoms with Gasteiger partial charge in [-0.2, -0.15) is 0 Å². The summed E-state index contributed by atoms with van der Waals surface area (Å²) in [5.41, 5.74) is 2.20. The van der Waals surface area contributed by atoms with Gasteiger partial charge in [0, 0.05) is 0 Å². The number of carbonyl (C=O) groups is 1. The third-order valence-electron chi connectivity index (χ3n) is 3.84. The molecule has 0 bridgehead atoms. The highest BCUT2D eigenvalue weighted by Gasteiger charge is 2.22. The van der Waals surface area contributed by atoms with Crippen LogP contribution < -0.4 is 4.74 Å². The van der Waals surface area contributed by atoms with Gasteiger partial charge >= 0.3 is 5.97 Å². The van der Waals surface area contributed by atoms with E-state index in [1.165, 1.54) is 0 Å². The molecule has 3 nitrogen and oxygen atoms in total. The third kappa shape index (κ3) is 3.83. The zero-order chi connectivity index (χ0) is 15.1. The van der Waals surface area contributed by atoms with E-state index in [0.717, 1.165) is 42.8 Å². The average molecular weight is 277 g/mol. The lowest BCUT2D eigenvalue weighted by Crippen LogP contribution is -2.41. The molecule has 3 heteroatoms. The van der Waals surface area contributed by atoms with Gasteiger partial charge in [-0.15, -0.1) is 0 Å². The maximum Gasteiger partial charge on any atom is 0.328 e. The lowest BCUT2D eigenvalue weighted by Gasteiger charge is -2.25. The van der Waals surface area contributed by atoms with Crippen LogP contribution in [0.2, 0.25) is 0 Å². The van der Waals surface area contributed by atoms with Gasteiger partial charge in [0.2, 0.25) is 0 Å². The fourth-order valence-electron chi connectivity index (χ4n) is 2.43. The fourth-order valence-corrected chi connectivity index (χ4v) is 2.43. The van der Waals surface area contributed by atoms with E-state index >= 15 is 0 Å². The Hall–Kier alpha value is -1.35. The van der Waals surface area contributed by atoms with Gasteiger partial charge in [0.25, 0.3) is 0 Å². The molecule has 0 heterocycles. The quantitative estimate of drug-likeness (QED) is 0.565. The Morgan fingerprint density at radius 1 is 1.10 bits per heavy atom. The minimum atomic E-state index is -0.209. The summed E-state index contributed by atoms with van der Waals surface area (Å²) in [6.45, 7) is 11.9. The zero-order valence-corrected chi connectivity index (χ0v) is 13.4. The maximum absolute atomic E-state index is 12.3. The average Bonchev–Trinajstić information content (AvgIpc) is 2.48. The first-order valence-electron chi connectivity index (χ1n) is 7.65. The summed E-state index contributed by atoms with van der Waals surface area (Å²) in [5, 5.41) is 0. The first kappa shape index (κ1) is 16.7. The zero-order valence-electron chi connectivity index (χ0n) is 13.4. The molecule has 0 aliphatic heterocycles. The SMILES string of the molecule is CCc1cccc(CC)c1OC(=O)[C@H](C)N(CC)CC. The van der Waals surface area contributed by atoms with Crippen LogP contribution in [0.4, 0.5) is 0 Å². The van der Waals surface area contributed by atoms with Gasteiger partial charge < -0.3 is 4.74 Å². The molecule has 1 rings (SSSR count). The molecule has 1 aromatic carbocycles. The highest BCUT2D eigenvalue weighted by atomic mass is 16.5. The van der Waals surface area contributed by atoms with Crippen LogP contribution in [0.25, 0.3) is 0 Å². The fraction of sp³-hybridized carbons (Fsp3) is 0.588. The molecule has 0 amide bonds. The summed E-state index contributed by atoms with van der Waals surface area (Å²) in [6, 6.07) is 5.89. The summed E-state index contributed by atoms with van der Waals surface area (Å²) in [7, 11) is 0. The Bertz CT molecular complexity index is 416. The number of benzene rings is 1. The first-order chi connectivity index (χ1) is 9.58. The summed E-state index contributed by atoms with van der Waals surface area (Å²) >= 11 is 0. The van der Waals surface area contributed by atoms with E-state index in [9.17, 15) is 4.79 Å². The van der Waals surface area contributed by atoms with Crippen molar-refractivity contribution in [3.05, 3.63) is 29.3 Å². The molecule has 0 spiro atoms. The van der Waals surface area contributed by atoms with E-state index in [1.807, 2.05) is 25.1 Å². The number of para-hydroxylation sites is 1. The van der Waals surface area contributed by atoms with Crippen molar-refractivity contribution in [2.75, 3.05) is 13.1 Å². The van der Waals surface area contributed by atoms with E-state index in [4.69, 9.17) is 4.74 Å². The van der Waals surface area contributed by atoms with Crippen LogP contribution in [-0.4, -0.2) is 30.0 Å². The van der Waals surface area contributed by atoms with Crippen LogP contribution in [0.15, 0.2) is 18.2 Å². The van der Waals surface area contributed by atoms with Crippen molar-refractivity contribution in [2.45, 2.75) is 53.5 Å². The molecular weight excluding hydrogens is 250 g/mol. The van der Waals surface area contributed by atoms with Crippen LogP contribution >= 0.6 is 0 Å². The van der Waals surface area contributed by atoms with Crippen molar-refractivity contribution in [1.29, 1.82) is 0 Å². The van der Waals surface area contributed by atoms with Gasteiger partial charge in [0.1, 0.15) is 11.8 Å². The van der Waals surface area contributed by atoms with Gasteiger partial charge in [-0.25, -0.2) is 4.79 Å². The second kappa shape index (κ2) is 8.05. The van der Waals surface area contributed by atoms with Crippen molar-refractivity contribution in [3.63, 3.8) is 0 Å². The van der Waals surface area contributed by atoms with Gasteiger partial charge in [0.05, 0.1) is 0 Å². The van der Waals surface area contributed by atoms with Crippen molar-refractivity contribution in [1.82, 2.24) is 4.90 Å². The molecule has 0 radical (unpaired) electrons. The van der Waals surface area contributed by atoms with Crippen LogP contribution in [-0.2, 0) is 17.6 Å². The van der Waals surface area contributed by atoms with E-state index in [2.05, 4.69) is 32.6 Å². The molecule has 0 N–H and O–H groups in total. The normalized spacial score (nSPS) is 12.5. The smallest absolute Gasteiger partial charge is 0.328 e. The number of carbonyl (C=O) groups excluding carboxylic acids is 1. The Morgan fingerprint density at radius 3 is 2.00 bits per heavy atom. The van der Waals surface area contributed by atoms with E-state index < -0.39 is 0 Å². The lowest BCUT2D eigenvalue weighted by atomic mass is 10.0. The predicted octanol–water partition coefficient (Wildman–Crippen LogP) is 3.45. The maximum atomic E-state index is 12.3. The monoisotopic (exact) mass is 277 g/mol. The predicted molar refractivity (Wildman–Crippen MR) is 83.2 cm³/mol. The molecular formula is C17H27NO2. The largest absolute Gasteiger partial charge is 0.425 e. The lowest BCUT2D eigenvalue weighted by molar-refractivity contribution is -0.139. The second-order valence-electron chi connectivity index (χ2n) is 4.93. The van der Waals surface area contributed by atoms with Crippen molar-refractivity contribution >= 4 is 5.97 Å². The van der Waals surface area contributed by atoms with E-state index in [1.54, 1.807) is 0 Å². The Morgan fingerprint density at radius 2 is 1.60 bits per heavy atom. The summed E-state index contributed by atoms with van der Waals surface area (Å²) < 4.78 is 5.72. The molecule has 0 aliphatic rings. The number of ether oxygens (including phenoxy) is 1. The number of likely N-dealkylation sites (N-methyl/N-ethyl adjacent to an activating group) is 1. The van der Waals surface area contributed by atoms with E-state index in [-0.39, 0.29) is 12.0 Å². The minimum Gasteiger partial charge on any atom is -0.425 e. The van der Waals surface area contributed by atoms with E-state index in [0.29, 0.717) is 0 Å². The molecule has 20 heavy (non-hydrogen) atoms. The van der Waals surface area contributed by atoms with Crippen LogP contribution in [0.3, 0.4) is 0 Å². The molecule has 0 aliphatic carbocycles. The molecule has 0 fully saturated rings. The Balaban J connectivity index is 2.95. The minimum absolute atomic E-state index is 0.163. The van der Waals surface area contributed by atoms with Crippen LogP contribution in [0.1, 0.15) is 45.7 Å². The molecule has 0 saturated carbocycles. The Labute approximate surface area is 122 Å². The standard InChI is InChI=1S/C17H27NO2/c1-6-14-11-10-12-15(7-2)16(14)20-17(19)13(5)18(8-3)9-4/h10-13H,6-9H2,1-5H3/t13-/m0/s1. The number of hydrogen-bond acceptors (Lipinski definition) is 3. The molecule has 0 unspecified atom stereocenters. The Kier molecular flexibility index (Phi) is 6.73. The topological polar surface area (TPSA) is 29.5 Å². The number of nitrogens with zero attached hydrogens (tertiary/aromatic N) is 1. The number of rotatable bonds is 7. The van der Waals surface area contributed by atoms with Crippen molar-refractivity contribution in [3.8, 4) is 5.75 Å². The van der Waals surface area contributed by atoms with Crippen LogP contribution in [0, 0.1) is 0 Å². The number of esters is 1. The van der Waals surface area contributed by atoms with Gasteiger partial charge in [-0.1, -0.05) is 45.9 Å². The number of hydrogen-bond donors (Lipinski definition) is 0. The number of aryl methyl sites for hydroxylation is 2. The molecule has 1 aromatic rings. The second-order valence-corrected chi connectivity index (χ2v) is 4.93. The molecule has 0 aromatic heterocycles. The van der Waals surface area contributed by atoms with Gasteiger partial charge in [-0.3, -0.25) is 4.90 Å². The van der Waals surface area contributed by atoms with Crippen molar-refractivity contribution in [2.24, 2.45) is 0 Å². The molecule has 0 saturated heterocycles. The van der Waals surface area contributed by atoms with Gasteiger partial charge in [-0.05, 0) is 44.0 Å². The highest BCUT2D eigenvalue weighted by Crippen LogP contribution is 2.26. The van der Waals surface area contributed by atoms with Gasteiger partial charge in [0.15, 0.2) is 0 Å². The summed E-state index contributed by atoms with van der Waals surface area (Å²) in [5.74, 6) is 0.603. The highest BCUT2D eigenvalue weighted by molar-refractivity contribution is 5.78. The first-order valence-corrected chi connectivity index (χ1v) is 7.65. The van der Waals surface area contributed by atoms with Crippen LogP contribution in [0.5, 0.6) is 5.75 Å². The van der Waals surface area contributed by atoms with Crippen molar-refractivity contribution < 1.29 is 9.53 Å².